The normalized spacial score (nSPS) is 12.8. The number of aromatic nitrogens is 3. The summed E-state index contributed by atoms with van der Waals surface area (Å²) in [7, 11) is 0. The van der Waals surface area contributed by atoms with Crippen LogP contribution >= 0.6 is 0 Å². The highest BCUT2D eigenvalue weighted by Gasteiger charge is 2.10. The molecule has 0 aliphatic heterocycles. The van der Waals surface area contributed by atoms with Crippen molar-refractivity contribution in [3.05, 3.63) is 11.9 Å². The van der Waals surface area contributed by atoms with Gasteiger partial charge < -0.3 is 14.2 Å². The van der Waals surface area contributed by atoms with Gasteiger partial charge in [-0.3, -0.25) is 0 Å². The average molecular weight is 341 g/mol. The van der Waals surface area contributed by atoms with Crippen LogP contribution in [0.4, 0.5) is 0 Å². The second-order valence-corrected chi connectivity index (χ2v) is 8.22. The predicted octanol–water partition coefficient (Wildman–Crippen LogP) is 3.11. The van der Waals surface area contributed by atoms with Crippen LogP contribution in [0.5, 0.6) is 0 Å². The van der Waals surface area contributed by atoms with Gasteiger partial charge in [0.15, 0.2) is 0 Å². The summed E-state index contributed by atoms with van der Waals surface area (Å²) < 4.78 is 18.6. The summed E-state index contributed by atoms with van der Waals surface area (Å²) in [5, 5.41) is 8.26. The molecule has 0 saturated carbocycles. The Kier molecular flexibility index (Phi) is 8.87. The number of hydrogen-bond acceptors (Lipinski definition) is 5. The van der Waals surface area contributed by atoms with Crippen LogP contribution in [-0.4, -0.2) is 53.6 Å². The number of ether oxygens (including phenoxy) is 3. The Hall–Kier alpha value is -0.980. The van der Waals surface area contributed by atoms with Gasteiger partial charge in [0.05, 0.1) is 44.3 Å². The van der Waals surface area contributed by atoms with E-state index in [1.807, 2.05) is 31.6 Å². The van der Waals surface area contributed by atoms with Gasteiger partial charge in [0, 0.05) is 19.2 Å². The molecule has 0 fully saturated rings. The molecule has 0 unspecified atom stereocenters. The summed E-state index contributed by atoms with van der Waals surface area (Å²) in [6.07, 6.45) is 3.79. The lowest BCUT2D eigenvalue weighted by molar-refractivity contribution is -0.00128. The van der Waals surface area contributed by atoms with Crippen molar-refractivity contribution in [1.82, 2.24) is 15.0 Å². The highest BCUT2D eigenvalue weighted by Crippen LogP contribution is 2.17. The van der Waals surface area contributed by atoms with E-state index in [-0.39, 0.29) is 5.60 Å². The van der Waals surface area contributed by atoms with Crippen molar-refractivity contribution in [2.75, 3.05) is 33.0 Å². The SMILES string of the molecule is CC(C)(C)CCOCCOCCn1cc(CCOC(C)(C)C)nn1. The van der Waals surface area contributed by atoms with Gasteiger partial charge in [0.2, 0.25) is 0 Å². The molecule has 0 amide bonds. The maximum Gasteiger partial charge on any atom is 0.0850 e. The van der Waals surface area contributed by atoms with Crippen molar-refractivity contribution >= 4 is 0 Å². The van der Waals surface area contributed by atoms with Crippen molar-refractivity contribution in [2.45, 2.75) is 66.5 Å². The van der Waals surface area contributed by atoms with Crippen LogP contribution in [0.15, 0.2) is 6.20 Å². The quantitative estimate of drug-likeness (QED) is 0.579. The first-order valence-corrected chi connectivity index (χ1v) is 8.84. The Bertz CT molecular complexity index is 447. The van der Waals surface area contributed by atoms with Crippen LogP contribution in [0, 0.1) is 5.41 Å². The zero-order chi connectivity index (χ0) is 18.1. The highest BCUT2D eigenvalue weighted by atomic mass is 16.5. The molecular formula is C18H35N3O3. The van der Waals surface area contributed by atoms with Gasteiger partial charge >= 0.3 is 0 Å². The van der Waals surface area contributed by atoms with E-state index in [1.165, 1.54) is 0 Å². The Morgan fingerprint density at radius 3 is 2.21 bits per heavy atom. The second kappa shape index (κ2) is 10.1. The van der Waals surface area contributed by atoms with E-state index in [0.29, 0.717) is 38.4 Å². The average Bonchev–Trinajstić information content (AvgIpc) is 2.87. The summed E-state index contributed by atoms with van der Waals surface area (Å²) in [6, 6.07) is 0. The fraction of sp³-hybridized carbons (Fsp3) is 0.889. The first-order valence-electron chi connectivity index (χ1n) is 8.84. The van der Waals surface area contributed by atoms with E-state index in [0.717, 1.165) is 25.1 Å². The lowest BCUT2D eigenvalue weighted by Gasteiger charge is -2.18. The zero-order valence-corrected chi connectivity index (χ0v) is 16.3. The Morgan fingerprint density at radius 1 is 0.917 bits per heavy atom. The van der Waals surface area contributed by atoms with Gasteiger partial charge in [-0.25, -0.2) is 4.68 Å². The van der Waals surface area contributed by atoms with Crippen molar-refractivity contribution < 1.29 is 14.2 Å². The molecule has 6 nitrogen and oxygen atoms in total. The van der Waals surface area contributed by atoms with E-state index in [1.54, 1.807) is 0 Å². The lowest BCUT2D eigenvalue weighted by Crippen LogP contribution is -2.20. The minimum Gasteiger partial charge on any atom is -0.379 e. The van der Waals surface area contributed by atoms with Gasteiger partial charge in [-0.05, 0) is 32.6 Å². The zero-order valence-electron chi connectivity index (χ0n) is 16.3. The summed E-state index contributed by atoms with van der Waals surface area (Å²) in [4.78, 5) is 0. The van der Waals surface area contributed by atoms with Crippen molar-refractivity contribution in [1.29, 1.82) is 0 Å². The summed E-state index contributed by atoms with van der Waals surface area (Å²) in [6.45, 7) is 16.8. The van der Waals surface area contributed by atoms with Gasteiger partial charge in [-0.2, -0.15) is 0 Å². The van der Waals surface area contributed by atoms with E-state index in [9.17, 15) is 0 Å². The van der Waals surface area contributed by atoms with Crippen molar-refractivity contribution in [2.24, 2.45) is 5.41 Å². The van der Waals surface area contributed by atoms with Gasteiger partial charge in [0.25, 0.3) is 0 Å². The molecule has 1 rings (SSSR count). The molecule has 6 heteroatoms. The van der Waals surface area contributed by atoms with Crippen LogP contribution in [0.3, 0.4) is 0 Å². The second-order valence-electron chi connectivity index (χ2n) is 8.22. The van der Waals surface area contributed by atoms with Crippen LogP contribution in [0.1, 0.15) is 53.7 Å². The van der Waals surface area contributed by atoms with Gasteiger partial charge in [-0.1, -0.05) is 26.0 Å². The monoisotopic (exact) mass is 341 g/mol. The molecule has 1 aromatic heterocycles. The molecule has 0 aliphatic rings. The molecular weight excluding hydrogens is 306 g/mol. The van der Waals surface area contributed by atoms with Crippen molar-refractivity contribution in [3.8, 4) is 0 Å². The van der Waals surface area contributed by atoms with Crippen LogP contribution in [0.25, 0.3) is 0 Å². The largest absolute Gasteiger partial charge is 0.379 e. The van der Waals surface area contributed by atoms with E-state index < -0.39 is 0 Å². The minimum atomic E-state index is -0.112. The van der Waals surface area contributed by atoms with Gasteiger partial charge in [0.1, 0.15) is 0 Å². The number of rotatable bonds is 11. The van der Waals surface area contributed by atoms with E-state index >= 15 is 0 Å². The third kappa shape index (κ3) is 11.5. The molecule has 0 aliphatic carbocycles. The molecule has 0 atom stereocenters. The topological polar surface area (TPSA) is 58.4 Å². The summed E-state index contributed by atoms with van der Waals surface area (Å²) >= 11 is 0. The van der Waals surface area contributed by atoms with Crippen LogP contribution in [0.2, 0.25) is 0 Å². The molecule has 0 saturated heterocycles. The maximum absolute atomic E-state index is 5.69. The number of nitrogens with zero attached hydrogens (tertiary/aromatic N) is 3. The van der Waals surface area contributed by atoms with Crippen LogP contribution < -0.4 is 0 Å². The van der Waals surface area contributed by atoms with E-state index in [4.69, 9.17) is 14.2 Å². The molecule has 24 heavy (non-hydrogen) atoms. The first kappa shape index (κ1) is 21.1. The predicted molar refractivity (Wildman–Crippen MR) is 95.1 cm³/mol. The Labute approximate surface area is 146 Å². The Morgan fingerprint density at radius 2 is 1.58 bits per heavy atom. The molecule has 0 aromatic carbocycles. The summed E-state index contributed by atoms with van der Waals surface area (Å²) in [5.41, 5.74) is 1.16. The smallest absolute Gasteiger partial charge is 0.0850 e. The molecule has 1 aromatic rings. The third-order valence-electron chi connectivity index (χ3n) is 3.31. The fourth-order valence-electron chi connectivity index (χ4n) is 1.88. The maximum atomic E-state index is 5.69. The molecule has 0 N–H and O–H groups in total. The molecule has 140 valence electrons. The molecule has 0 spiro atoms. The summed E-state index contributed by atoms with van der Waals surface area (Å²) in [5.74, 6) is 0. The van der Waals surface area contributed by atoms with Crippen molar-refractivity contribution in [3.63, 3.8) is 0 Å². The highest BCUT2D eigenvalue weighted by molar-refractivity contribution is 4.92. The first-order chi connectivity index (χ1) is 11.2. The third-order valence-corrected chi connectivity index (χ3v) is 3.31. The number of hydrogen-bond donors (Lipinski definition) is 0. The standard InChI is InChI=1S/C18H35N3O3/c1-17(2,3)8-11-22-13-14-23-12-9-21-15-16(19-20-21)7-10-24-18(4,5)6/h15H,7-14H2,1-6H3. The molecule has 1 heterocycles. The lowest BCUT2D eigenvalue weighted by atomic mass is 9.93. The minimum absolute atomic E-state index is 0.112. The van der Waals surface area contributed by atoms with Gasteiger partial charge in [-0.15, -0.1) is 5.10 Å². The fourth-order valence-corrected chi connectivity index (χ4v) is 1.88. The van der Waals surface area contributed by atoms with E-state index in [2.05, 4.69) is 31.1 Å². The van der Waals surface area contributed by atoms with Crippen LogP contribution in [-0.2, 0) is 27.2 Å². The Balaban J connectivity index is 2.04. The molecule has 0 radical (unpaired) electrons. The molecule has 0 bridgehead atoms.